The number of aromatic nitrogens is 1. The third-order valence-corrected chi connectivity index (χ3v) is 9.51. The summed E-state index contributed by atoms with van der Waals surface area (Å²) in [7, 11) is 0. The van der Waals surface area contributed by atoms with Crippen LogP contribution in [0.1, 0.15) is 98.0 Å². The molecule has 1 aromatic heterocycles. The summed E-state index contributed by atoms with van der Waals surface area (Å²) in [6.45, 7) is 9.56. The van der Waals surface area contributed by atoms with Gasteiger partial charge in [0, 0.05) is 37.7 Å². The number of nitrogens with zero attached hydrogens (tertiary/aromatic N) is 2. The molecule has 14 heteroatoms. The monoisotopic (exact) mass is 1080 g/mol. The van der Waals surface area contributed by atoms with Crippen LogP contribution in [0.3, 0.4) is 0 Å². The van der Waals surface area contributed by atoms with Crippen molar-refractivity contribution in [1.82, 2.24) is 9.88 Å². The van der Waals surface area contributed by atoms with Gasteiger partial charge in [0.25, 0.3) is 11.7 Å². The van der Waals surface area contributed by atoms with E-state index in [1.807, 2.05) is 32.1 Å². The summed E-state index contributed by atoms with van der Waals surface area (Å²) in [5.41, 5.74) is 0.409. The minimum atomic E-state index is -1.50. The quantitative estimate of drug-likeness (QED) is 0.124. The number of cyclic esters (lactones) is 2. The SMILES string of the molecule is C.C=CCC1/C=C(\C)CCOC(=O)C2CC[C@@](C)(O2)C(=O)C(=O)N2CCCC[C@H]2C(=O)OC(CCc2cccnc2)C(C)CCC1=O.[I][V]([I])[I]. The fourth-order valence-corrected chi connectivity index (χ4v) is 6.54. The van der Waals surface area contributed by atoms with Crippen LogP contribution in [0.4, 0.5) is 0 Å². The Balaban J connectivity index is 0.00000171. The van der Waals surface area contributed by atoms with E-state index in [9.17, 15) is 24.0 Å². The topological polar surface area (TPSA) is 129 Å². The zero-order valence-corrected chi connectivity index (χ0v) is 36.9. The first kappa shape index (κ1) is 46.3. The number of esters is 2. The van der Waals surface area contributed by atoms with Crippen LogP contribution < -0.4 is 0 Å². The van der Waals surface area contributed by atoms with Crippen LogP contribution in [0.15, 0.2) is 48.8 Å². The molecule has 0 aromatic carbocycles. The fraction of sp³-hybridized carbons (Fsp3) is 0.622. The van der Waals surface area contributed by atoms with Crippen molar-refractivity contribution in [3.05, 3.63) is 54.4 Å². The second-order valence-corrected chi connectivity index (χ2v) is 48.7. The molecule has 0 saturated carbocycles. The zero-order chi connectivity index (χ0) is 36.8. The van der Waals surface area contributed by atoms with Crippen molar-refractivity contribution < 1.29 is 43.1 Å². The molecule has 2 fully saturated rings. The van der Waals surface area contributed by atoms with E-state index >= 15 is 0 Å². The molecule has 4 heterocycles. The minimum absolute atomic E-state index is 0. The Morgan fingerprint density at radius 1 is 1.08 bits per heavy atom. The molecule has 2 saturated heterocycles. The second kappa shape index (κ2) is 23.1. The number of ketones is 2. The number of halogens is 3. The maximum atomic E-state index is 13.8. The second-order valence-electron chi connectivity index (χ2n) is 13.3. The predicted octanol–water partition coefficient (Wildman–Crippen LogP) is 8.18. The van der Waals surface area contributed by atoms with Crippen molar-refractivity contribution in [3.8, 4) is 0 Å². The Kier molecular flexibility index (Phi) is 21.0. The predicted molar refractivity (Wildman–Crippen MR) is 219 cm³/mol. The van der Waals surface area contributed by atoms with Gasteiger partial charge >= 0.3 is 76.8 Å². The van der Waals surface area contributed by atoms with Crippen LogP contribution >= 0.6 is 59.9 Å². The molecular weight excluding hydrogens is 1030 g/mol. The molecular formula is C37H52I3N2O8V. The maximum absolute atomic E-state index is 13.8. The summed E-state index contributed by atoms with van der Waals surface area (Å²) >= 11 is 7.39. The van der Waals surface area contributed by atoms with Crippen LogP contribution in [-0.2, 0) is 49.5 Å². The molecule has 284 valence electrons. The molecule has 0 N–H and O–H groups in total. The van der Waals surface area contributed by atoms with E-state index in [0.717, 1.165) is 11.1 Å². The third kappa shape index (κ3) is 14.7. The molecule has 0 spiro atoms. The summed E-state index contributed by atoms with van der Waals surface area (Å²) in [5, 5.41) is 0. The summed E-state index contributed by atoms with van der Waals surface area (Å²) in [4.78, 5) is 72.4. The molecule has 1 amide bonds. The van der Waals surface area contributed by atoms with E-state index in [1.165, 1.54) is 11.8 Å². The molecule has 6 atom stereocenters. The van der Waals surface area contributed by atoms with Crippen LogP contribution in [0.25, 0.3) is 0 Å². The summed E-state index contributed by atoms with van der Waals surface area (Å²) in [6.07, 6.45) is 10.6. The Morgan fingerprint density at radius 3 is 2.47 bits per heavy atom. The van der Waals surface area contributed by atoms with E-state index in [-0.39, 0.29) is 56.0 Å². The van der Waals surface area contributed by atoms with Gasteiger partial charge in [0.2, 0.25) is 0 Å². The van der Waals surface area contributed by atoms with Crippen molar-refractivity contribution in [2.75, 3.05) is 13.2 Å². The molecule has 0 aliphatic carbocycles. The van der Waals surface area contributed by atoms with Crippen molar-refractivity contribution in [2.45, 2.75) is 123 Å². The first-order valence-electron chi connectivity index (χ1n) is 17.1. The molecule has 51 heavy (non-hydrogen) atoms. The number of aryl methyl sites for hydroxylation is 1. The van der Waals surface area contributed by atoms with E-state index in [4.69, 9.17) is 14.2 Å². The first-order chi connectivity index (χ1) is 23.7. The van der Waals surface area contributed by atoms with Gasteiger partial charge in [0.05, 0.1) is 6.61 Å². The van der Waals surface area contributed by atoms with E-state index in [2.05, 4.69) is 71.5 Å². The average Bonchev–Trinajstić information content (AvgIpc) is 3.50. The van der Waals surface area contributed by atoms with Gasteiger partial charge in [-0.2, -0.15) is 0 Å². The number of pyridine rings is 1. The molecule has 3 aliphatic heterocycles. The van der Waals surface area contributed by atoms with Crippen LogP contribution in [0, 0.1) is 11.8 Å². The molecule has 1 aromatic rings. The van der Waals surface area contributed by atoms with Crippen molar-refractivity contribution >= 4 is 89.3 Å². The molecule has 3 aliphatic rings. The van der Waals surface area contributed by atoms with Gasteiger partial charge in [-0.25, -0.2) is 9.59 Å². The molecule has 0 radical (unpaired) electrons. The number of hydrogen-bond donors (Lipinski definition) is 0. The van der Waals surface area contributed by atoms with Crippen LogP contribution in [0.2, 0.25) is 0 Å². The van der Waals surface area contributed by atoms with Crippen molar-refractivity contribution in [3.63, 3.8) is 0 Å². The Morgan fingerprint density at radius 2 is 1.80 bits per heavy atom. The first-order valence-corrected chi connectivity index (χ1v) is 30.6. The van der Waals surface area contributed by atoms with Crippen molar-refractivity contribution in [2.24, 2.45) is 11.8 Å². The molecule has 10 nitrogen and oxygen atoms in total. The molecule has 2 bridgehead atoms. The van der Waals surface area contributed by atoms with E-state index < -0.39 is 47.5 Å². The Labute approximate surface area is 341 Å². The molecule has 4 rings (SSSR count). The van der Waals surface area contributed by atoms with Gasteiger partial charge in [0.1, 0.15) is 23.5 Å². The standard InChI is InChI=1S/C36H48N2O8.CH4.3HI.V/c1-5-9-27-22-24(2)17-21-44-35(43)31-16-18-36(4,46-31)32(40)33(41)38-20-7-6-11-28(38)34(42)45-30(25(3)12-14-29(27)39)15-13-26-10-8-19-37-23-26;;;;;/h5,8,10,19,22-23,25,27-28,30-31H,1,6-7,9,11-18,20-21H2,2-4H3;1H4;3*1H;/q;;;;;+3/p-3/b24-22+;;;;;/t25?,27?,28-,30?,31?,36+;;;;;/m0...../s1. The van der Waals surface area contributed by atoms with Gasteiger partial charge in [-0.3, -0.25) is 19.4 Å². The molecule has 4 unspecified atom stereocenters. The number of hydrogen-bond acceptors (Lipinski definition) is 9. The number of allylic oxidation sites excluding steroid dienone is 2. The van der Waals surface area contributed by atoms with Gasteiger partial charge in [-0.05, 0) is 89.2 Å². The van der Waals surface area contributed by atoms with Crippen molar-refractivity contribution in [1.29, 1.82) is 0 Å². The number of fused-ring (bicyclic) bond motifs is 3. The average molecular weight is 1080 g/mol. The zero-order valence-electron chi connectivity index (χ0n) is 29.0. The van der Waals surface area contributed by atoms with Gasteiger partial charge in [-0.1, -0.05) is 38.1 Å². The normalized spacial score (nSPS) is 29.5. The number of carbonyl (C=O) groups is 5. The Bertz CT molecular complexity index is 1380. The fourth-order valence-electron chi connectivity index (χ4n) is 6.54. The van der Waals surface area contributed by atoms with Gasteiger partial charge in [0.15, 0.2) is 6.10 Å². The number of rotatable bonds is 5. The van der Waals surface area contributed by atoms with Gasteiger partial charge in [-0.15, -0.1) is 6.58 Å². The Hall–Kier alpha value is -0.886. The third-order valence-electron chi connectivity index (χ3n) is 9.51. The summed E-state index contributed by atoms with van der Waals surface area (Å²) in [5.74, 6) is -3.17. The number of piperidine rings is 1. The number of amides is 1. The van der Waals surface area contributed by atoms with E-state index in [0.29, 0.717) is 57.8 Å². The van der Waals surface area contributed by atoms with Gasteiger partial charge < -0.3 is 19.1 Å². The summed E-state index contributed by atoms with van der Waals surface area (Å²) in [6, 6.07) is 2.91. The van der Waals surface area contributed by atoms with Crippen LogP contribution in [-0.4, -0.2) is 76.3 Å². The van der Waals surface area contributed by atoms with E-state index in [1.54, 1.807) is 18.5 Å². The number of carbonyl (C=O) groups excluding carboxylic acids is 5. The summed E-state index contributed by atoms with van der Waals surface area (Å²) < 4.78 is 17.5. The number of ether oxygens (including phenoxy) is 3. The van der Waals surface area contributed by atoms with Crippen LogP contribution in [0.5, 0.6) is 0 Å². The number of Topliss-reactive ketones (excluding diaryl/α,β-unsaturated/α-hetero) is 2.